The van der Waals surface area contributed by atoms with Crippen molar-refractivity contribution in [2.24, 2.45) is 0 Å². The first-order valence-electron chi connectivity index (χ1n) is 3.47. The van der Waals surface area contributed by atoms with E-state index in [0.717, 1.165) is 21.3 Å². The molecule has 0 bridgehead atoms. The number of hydrogen-bond donors (Lipinski definition) is 1. The summed E-state index contributed by atoms with van der Waals surface area (Å²) in [6.07, 6.45) is 0. The van der Waals surface area contributed by atoms with E-state index in [-0.39, 0.29) is 0 Å². The van der Waals surface area contributed by atoms with Gasteiger partial charge in [-0.05, 0) is 19.4 Å². The minimum absolute atomic E-state index is 0.303. The van der Waals surface area contributed by atoms with Crippen LogP contribution in [0.2, 0.25) is 0 Å². The van der Waals surface area contributed by atoms with Crippen LogP contribution >= 0.6 is 7.60 Å². The smallest absolute Gasteiger partial charge is 0.388 e. The number of aliphatic hydroxyl groups excluding tert-OH is 1. The molecule has 0 spiro atoms. The zero-order valence-corrected chi connectivity index (χ0v) is 9.39. The molecular formula is C7H16FO4P. The Morgan fingerprint density at radius 1 is 1.23 bits per heavy atom. The number of hydrogen-bond acceptors (Lipinski definition) is 4. The quantitative estimate of drug-likeness (QED) is 0.732. The highest BCUT2D eigenvalue weighted by Crippen LogP contribution is 2.56. The fraction of sp³-hybridized carbons (Fsp3) is 0.714. The average molecular weight is 214 g/mol. The Hall–Kier alpha value is -0.220. The molecule has 0 aliphatic rings. The standard InChI is InChI=1S/C6H12FO3P.CH4O/c1-5(2)6(7)11(8,9-3)10-4;1-2/h1-4H3;2H,1H3. The summed E-state index contributed by atoms with van der Waals surface area (Å²) in [6, 6.07) is 0. The molecular weight excluding hydrogens is 198 g/mol. The number of halogens is 1. The summed E-state index contributed by atoms with van der Waals surface area (Å²) >= 11 is 0. The lowest BCUT2D eigenvalue weighted by atomic mass is 10.4. The number of rotatable bonds is 3. The van der Waals surface area contributed by atoms with Crippen molar-refractivity contribution in [2.75, 3.05) is 21.3 Å². The molecule has 0 amide bonds. The molecule has 0 aromatic heterocycles. The molecule has 0 unspecified atom stereocenters. The SMILES string of the molecule is CO.COP(=O)(OC)C(F)=C(C)C. The van der Waals surface area contributed by atoms with Gasteiger partial charge in [0.05, 0.1) is 0 Å². The van der Waals surface area contributed by atoms with Gasteiger partial charge in [0.1, 0.15) is 0 Å². The first-order chi connectivity index (χ1) is 5.98. The molecule has 0 saturated carbocycles. The monoisotopic (exact) mass is 214 g/mol. The summed E-state index contributed by atoms with van der Waals surface area (Å²) in [4.78, 5) is 0. The van der Waals surface area contributed by atoms with E-state index in [9.17, 15) is 8.96 Å². The maximum Gasteiger partial charge on any atom is 0.388 e. The molecule has 0 radical (unpaired) electrons. The van der Waals surface area contributed by atoms with Crippen LogP contribution in [0, 0.1) is 0 Å². The summed E-state index contributed by atoms with van der Waals surface area (Å²) in [6.45, 7) is 3.00. The molecule has 0 aliphatic heterocycles. The maximum atomic E-state index is 12.9. The second-order valence-corrected chi connectivity index (χ2v) is 4.27. The van der Waals surface area contributed by atoms with Gasteiger partial charge in [-0.15, -0.1) is 0 Å². The van der Waals surface area contributed by atoms with Gasteiger partial charge in [0.25, 0.3) is 0 Å². The van der Waals surface area contributed by atoms with Crippen LogP contribution in [0.5, 0.6) is 0 Å². The van der Waals surface area contributed by atoms with Gasteiger partial charge in [0.2, 0.25) is 5.57 Å². The Kier molecular flexibility index (Phi) is 8.46. The summed E-state index contributed by atoms with van der Waals surface area (Å²) in [5.41, 5.74) is -0.514. The maximum absolute atomic E-state index is 12.9. The van der Waals surface area contributed by atoms with E-state index < -0.39 is 13.2 Å². The predicted octanol–water partition coefficient (Wildman–Crippen LogP) is 2.30. The molecule has 0 rings (SSSR count). The van der Waals surface area contributed by atoms with E-state index in [4.69, 9.17) is 5.11 Å². The Morgan fingerprint density at radius 2 is 1.54 bits per heavy atom. The predicted molar refractivity (Wildman–Crippen MR) is 49.2 cm³/mol. The molecule has 0 aromatic rings. The summed E-state index contributed by atoms with van der Waals surface area (Å²) < 4.78 is 33.0. The van der Waals surface area contributed by atoms with Crippen molar-refractivity contribution in [3.8, 4) is 0 Å². The van der Waals surface area contributed by atoms with Crippen LogP contribution in [0.4, 0.5) is 4.39 Å². The highest BCUT2D eigenvalue weighted by Gasteiger charge is 2.28. The molecule has 0 aliphatic carbocycles. The molecule has 0 aromatic carbocycles. The van der Waals surface area contributed by atoms with Gasteiger partial charge < -0.3 is 14.2 Å². The van der Waals surface area contributed by atoms with E-state index >= 15 is 0 Å². The first-order valence-corrected chi connectivity index (χ1v) is 5.02. The van der Waals surface area contributed by atoms with Crippen LogP contribution < -0.4 is 0 Å². The van der Waals surface area contributed by atoms with Crippen LogP contribution in [0.1, 0.15) is 13.8 Å². The molecule has 1 N–H and O–H groups in total. The third kappa shape index (κ3) is 4.52. The topological polar surface area (TPSA) is 55.8 Å². The van der Waals surface area contributed by atoms with E-state index in [1.807, 2.05) is 0 Å². The molecule has 0 fully saturated rings. The van der Waals surface area contributed by atoms with E-state index in [0.29, 0.717) is 5.57 Å². The highest BCUT2D eigenvalue weighted by molar-refractivity contribution is 7.58. The van der Waals surface area contributed by atoms with Crippen LogP contribution in [0.15, 0.2) is 11.1 Å². The van der Waals surface area contributed by atoms with E-state index in [2.05, 4.69) is 9.05 Å². The van der Waals surface area contributed by atoms with E-state index in [1.165, 1.54) is 13.8 Å². The fourth-order valence-corrected chi connectivity index (χ4v) is 1.53. The van der Waals surface area contributed by atoms with Crippen LogP contribution in [-0.4, -0.2) is 26.4 Å². The van der Waals surface area contributed by atoms with Gasteiger partial charge in [-0.1, -0.05) is 0 Å². The first kappa shape index (κ1) is 15.3. The largest absolute Gasteiger partial charge is 0.400 e. The summed E-state index contributed by atoms with van der Waals surface area (Å²) in [7, 11) is -0.324. The fourth-order valence-electron chi connectivity index (χ4n) is 0.509. The van der Waals surface area contributed by atoms with Crippen molar-refractivity contribution in [1.29, 1.82) is 0 Å². The summed E-state index contributed by atoms with van der Waals surface area (Å²) in [5.74, 6) is 0. The Morgan fingerprint density at radius 3 is 1.62 bits per heavy atom. The minimum Gasteiger partial charge on any atom is -0.400 e. The summed E-state index contributed by atoms with van der Waals surface area (Å²) in [5, 5.41) is 7.00. The van der Waals surface area contributed by atoms with Crippen molar-refractivity contribution in [3.63, 3.8) is 0 Å². The zero-order valence-electron chi connectivity index (χ0n) is 8.50. The van der Waals surface area contributed by atoms with Crippen LogP contribution in [0.3, 0.4) is 0 Å². The lowest BCUT2D eigenvalue weighted by Gasteiger charge is -2.11. The van der Waals surface area contributed by atoms with Crippen molar-refractivity contribution in [1.82, 2.24) is 0 Å². The van der Waals surface area contributed by atoms with Gasteiger partial charge in [-0.25, -0.2) is 0 Å². The molecule has 80 valence electrons. The third-order valence-corrected chi connectivity index (χ3v) is 3.02. The van der Waals surface area contributed by atoms with Gasteiger partial charge in [0, 0.05) is 21.3 Å². The minimum atomic E-state index is -3.62. The average Bonchev–Trinajstić information content (AvgIpc) is 2.18. The van der Waals surface area contributed by atoms with Gasteiger partial charge in [0.15, 0.2) is 0 Å². The van der Waals surface area contributed by atoms with Crippen molar-refractivity contribution in [2.45, 2.75) is 13.8 Å². The number of aliphatic hydroxyl groups is 1. The zero-order chi connectivity index (χ0) is 11.1. The number of allylic oxidation sites excluding steroid dienone is 1. The molecule has 4 nitrogen and oxygen atoms in total. The molecule has 0 atom stereocenters. The Bertz CT molecular complexity index is 203. The molecule has 6 heteroatoms. The lowest BCUT2D eigenvalue weighted by molar-refractivity contribution is 0.274. The normalized spacial score (nSPS) is 10.1. The Labute approximate surface area is 77.9 Å². The second kappa shape index (κ2) is 7.21. The van der Waals surface area contributed by atoms with Crippen molar-refractivity contribution in [3.05, 3.63) is 11.1 Å². The van der Waals surface area contributed by atoms with Crippen LogP contribution in [0.25, 0.3) is 0 Å². The van der Waals surface area contributed by atoms with Crippen LogP contribution in [-0.2, 0) is 13.6 Å². The van der Waals surface area contributed by atoms with Gasteiger partial charge in [-0.2, -0.15) is 4.39 Å². The lowest BCUT2D eigenvalue weighted by Crippen LogP contribution is -1.90. The third-order valence-electron chi connectivity index (χ3n) is 1.13. The van der Waals surface area contributed by atoms with Gasteiger partial charge in [-0.3, -0.25) is 4.57 Å². The second-order valence-electron chi connectivity index (χ2n) is 2.15. The molecule has 13 heavy (non-hydrogen) atoms. The molecule has 0 saturated heterocycles. The van der Waals surface area contributed by atoms with Crippen molar-refractivity contribution < 1.29 is 23.1 Å². The highest BCUT2D eigenvalue weighted by atomic mass is 31.2. The molecule has 0 heterocycles. The Balaban J connectivity index is 0. The van der Waals surface area contributed by atoms with E-state index in [1.54, 1.807) is 0 Å². The van der Waals surface area contributed by atoms with Crippen molar-refractivity contribution >= 4 is 7.60 Å². The van der Waals surface area contributed by atoms with Gasteiger partial charge >= 0.3 is 7.60 Å².